The number of rotatable bonds is 6. The zero-order valence-electron chi connectivity index (χ0n) is 15.4. The lowest BCUT2D eigenvalue weighted by Crippen LogP contribution is -2.07. The number of aromatic nitrogens is 1. The number of nitro benzene ring substituents is 1. The van der Waals surface area contributed by atoms with Crippen molar-refractivity contribution in [3.63, 3.8) is 0 Å². The minimum Gasteiger partial charge on any atom is -0.478 e. The molecule has 0 saturated heterocycles. The van der Waals surface area contributed by atoms with Gasteiger partial charge in [-0.2, -0.15) is 0 Å². The Balaban J connectivity index is 2.32. The Hall–Kier alpha value is -3.36. The molecule has 0 spiro atoms. The van der Waals surface area contributed by atoms with E-state index in [0.29, 0.717) is 15.9 Å². The molecule has 8 nitrogen and oxygen atoms in total. The fourth-order valence-electron chi connectivity index (χ4n) is 2.98. The standard InChI is InChI=1S/C20H14Cl2N2O6/c1-2-30-20(27)18-14(17-15(22)7-11(21)8-16(17)23-18)9-13(19(25)26)10-4-3-5-12(6-10)24(28)29/h3-9,23H,2H2,1H3,(H,25,26)/b13-9+. The molecule has 0 radical (unpaired) electrons. The van der Waals surface area contributed by atoms with Crippen molar-refractivity contribution in [2.24, 2.45) is 0 Å². The second kappa shape index (κ2) is 8.56. The molecule has 0 fully saturated rings. The van der Waals surface area contributed by atoms with Gasteiger partial charge in [0, 0.05) is 33.6 Å². The number of carbonyl (C=O) groups is 2. The van der Waals surface area contributed by atoms with Crippen molar-refractivity contribution in [2.75, 3.05) is 6.61 Å². The summed E-state index contributed by atoms with van der Waals surface area (Å²) in [5.41, 5.74) is 0.121. The fourth-order valence-corrected chi connectivity index (χ4v) is 3.58. The summed E-state index contributed by atoms with van der Waals surface area (Å²) in [5.74, 6) is -2.05. The molecule has 0 atom stereocenters. The quantitative estimate of drug-likeness (QED) is 0.231. The van der Waals surface area contributed by atoms with Crippen molar-refractivity contribution >= 4 is 63.4 Å². The number of carbonyl (C=O) groups excluding carboxylic acids is 1. The van der Waals surface area contributed by atoms with E-state index >= 15 is 0 Å². The highest BCUT2D eigenvalue weighted by molar-refractivity contribution is 6.39. The second-order valence-electron chi connectivity index (χ2n) is 6.11. The van der Waals surface area contributed by atoms with Crippen molar-refractivity contribution in [3.8, 4) is 0 Å². The van der Waals surface area contributed by atoms with E-state index in [9.17, 15) is 24.8 Å². The third-order valence-corrected chi connectivity index (χ3v) is 4.74. The highest BCUT2D eigenvalue weighted by Gasteiger charge is 2.23. The number of esters is 1. The number of aromatic amines is 1. The Bertz CT molecular complexity index is 1220. The average Bonchev–Trinajstić information content (AvgIpc) is 3.04. The van der Waals surface area contributed by atoms with Crippen LogP contribution < -0.4 is 0 Å². The molecule has 1 aromatic heterocycles. The number of hydrogen-bond acceptors (Lipinski definition) is 5. The van der Waals surface area contributed by atoms with Crippen LogP contribution in [0.15, 0.2) is 36.4 Å². The summed E-state index contributed by atoms with van der Waals surface area (Å²) in [6, 6.07) is 8.17. The lowest BCUT2D eigenvalue weighted by molar-refractivity contribution is -0.384. The summed E-state index contributed by atoms with van der Waals surface area (Å²) in [6.07, 6.45) is 1.23. The first-order valence-electron chi connectivity index (χ1n) is 8.60. The molecule has 0 amide bonds. The van der Waals surface area contributed by atoms with Crippen LogP contribution in [0.1, 0.15) is 28.5 Å². The van der Waals surface area contributed by atoms with Crippen LogP contribution in [-0.2, 0) is 9.53 Å². The molecule has 0 unspecified atom stereocenters. The van der Waals surface area contributed by atoms with E-state index < -0.39 is 16.9 Å². The minimum atomic E-state index is -1.34. The van der Waals surface area contributed by atoms with Gasteiger partial charge in [0.1, 0.15) is 5.69 Å². The average molecular weight is 449 g/mol. The Morgan fingerprint density at radius 3 is 2.63 bits per heavy atom. The number of carboxylic acids is 1. The van der Waals surface area contributed by atoms with Crippen LogP contribution in [0.5, 0.6) is 0 Å². The number of aliphatic carboxylic acids is 1. The van der Waals surface area contributed by atoms with Crippen LogP contribution in [-0.4, -0.2) is 33.6 Å². The van der Waals surface area contributed by atoms with Crippen LogP contribution in [0.2, 0.25) is 10.0 Å². The summed E-state index contributed by atoms with van der Waals surface area (Å²) in [5, 5.41) is 21.7. The number of non-ortho nitro benzene ring substituents is 1. The van der Waals surface area contributed by atoms with E-state index in [1.807, 2.05) is 0 Å². The zero-order chi connectivity index (χ0) is 22.0. The summed E-state index contributed by atoms with van der Waals surface area (Å²) in [6.45, 7) is 1.73. The molecule has 0 saturated carbocycles. The van der Waals surface area contributed by atoms with E-state index in [1.54, 1.807) is 6.92 Å². The fraction of sp³-hybridized carbons (Fsp3) is 0.100. The lowest BCUT2D eigenvalue weighted by atomic mass is 10.0. The molecule has 0 aliphatic carbocycles. The minimum absolute atomic E-state index is 0.0137. The van der Waals surface area contributed by atoms with E-state index in [1.165, 1.54) is 36.4 Å². The van der Waals surface area contributed by atoms with E-state index in [-0.39, 0.29) is 39.7 Å². The third kappa shape index (κ3) is 4.14. The van der Waals surface area contributed by atoms with Gasteiger partial charge in [0.05, 0.1) is 22.1 Å². The van der Waals surface area contributed by atoms with Gasteiger partial charge in [-0.25, -0.2) is 9.59 Å². The maximum absolute atomic E-state index is 12.5. The van der Waals surface area contributed by atoms with Crippen molar-refractivity contribution in [1.82, 2.24) is 4.98 Å². The lowest BCUT2D eigenvalue weighted by Gasteiger charge is -2.06. The molecule has 30 heavy (non-hydrogen) atoms. The first kappa shape index (κ1) is 21.4. The first-order chi connectivity index (χ1) is 14.2. The highest BCUT2D eigenvalue weighted by atomic mass is 35.5. The maximum atomic E-state index is 12.5. The molecule has 10 heteroatoms. The number of nitrogens with one attached hydrogen (secondary N) is 1. The SMILES string of the molecule is CCOC(=O)c1[nH]c2cc(Cl)cc(Cl)c2c1/C=C(/C(=O)O)c1cccc([N+](=O)[O-])c1. The summed E-state index contributed by atoms with van der Waals surface area (Å²) in [4.78, 5) is 37.7. The van der Waals surface area contributed by atoms with Gasteiger partial charge in [-0.05, 0) is 30.7 Å². The van der Waals surface area contributed by atoms with Gasteiger partial charge in [0.25, 0.3) is 5.69 Å². The van der Waals surface area contributed by atoms with E-state index in [2.05, 4.69) is 4.98 Å². The molecule has 2 aromatic carbocycles. The number of ether oxygens (including phenoxy) is 1. The highest BCUT2D eigenvalue weighted by Crippen LogP contribution is 2.35. The Labute approximate surface area is 179 Å². The molecular formula is C20H14Cl2N2O6. The van der Waals surface area contributed by atoms with Gasteiger partial charge < -0.3 is 14.8 Å². The second-order valence-corrected chi connectivity index (χ2v) is 6.96. The molecule has 3 rings (SSSR count). The Kier molecular flexibility index (Phi) is 6.09. The molecular weight excluding hydrogens is 435 g/mol. The van der Waals surface area contributed by atoms with Gasteiger partial charge >= 0.3 is 11.9 Å². The van der Waals surface area contributed by atoms with E-state index in [4.69, 9.17) is 27.9 Å². The smallest absolute Gasteiger partial charge is 0.355 e. The summed E-state index contributed by atoms with van der Waals surface area (Å²) in [7, 11) is 0. The van der Waals surface area contributed by atoms with Gasteiger partial charge in [-0.3, -0.25) is 10.1 Å². The van der Waals surface area contributed by atoms with Crippen LogP contribution in [0, 0.1) is 10.1 Å². The van der Waals surface area contributed by atoms with Crippen molar-refractivity contribution in [1.29, 1.82) is 0 Å². The van der Waals surface area contributed by atoms with Crippen molar-refractivity contribution in [3.05, 3.63) is 73.4 Å². The molecule has 3 aromatic rings. The van der Waals surface area contributed by atoms with Crippen molar-refractivity contribution < 1.29 is 24.4 Å². The van der Waals surface area contributed by atoms with Gasteiger partial charge in [0.15, 0.2) is 0 Å². The topological polar surface area (TPSA) is 123 Å². The Morgan fingerprint density at radius 1 is 1.27 bits per heavy atom. The van der Waals surface area contributed by atoms with E-state index in [0.717, 1.165) is 6.07 Å². The van der Waals surface area contributed by atoms with Crippen molar-refractivity contribution in [2.45, 2.75) is 6.92 Å². The third-order valence-electron chi connectivity index (χ3n) is 4.22. The number of hydrogen-bond donors (Lipinski definition) is 2. The number of benzene rings is 2. The molecule has 2 N–H and O–H groups in total. The van der Waals surface area contributed by atoms with Gasteiger partial charge in [-0.15, -0.1) is 0 Å². The molecule has 0 aliphatic heterocycles. The molecule has 1 heterocycles. The Morgan fingerprint density at radius 2 is 2.00 bits per heavy atom. The molecule has 154 valence electrons. The largest absolute Gasteiger partial charge is 0.478 e. The van der Waals surface area contributed by atoms with Crippen LogP contribution in [0.25, 0.3) is 22.6 Å². The van der Waals surface area contributed by atoms with Crippen LogP contribution in [0.4, 0.5) is 5.69 Å². The predicted octanol–water partition coefficient (Wildman–Crippen LogP) is 5.18. The van der Waals surface area contributed by atoms with Crippen LogP contribution in [0.3, 0.4) is 0 Å². The summed E-state index contributed by atoms with van der Waals surface area (Å²) < 4.78 is 5.05. The monoisotopic (exact) mass is 448 g/mol. The number of nitrogens with zero attached hydrogens (tertiary/aromatic N) is 1. The van der Waals surface area contributed by atoms with Crippen LogP contribution >= 0.6 is 23.2 Å². The molecule has 0 bridgehead atoms. The zero-order valence-corrected chi connectivity index (χ0v) is 17.0. The maximum Gasteiger partial charge on any atom is 0.355 e. The number of fused-ring (bicyclic) bond motifs is 1. The normalized spacial score (nSPS) is 11.5. The summed E-state index contributed by atoms with van der Waals surface area (Å²) >= 11 is 12.3. The number of carboxylic acid groups (broad SMARTS) is 1. The predicted molar refractivity (Wildman–Crippen MR) is 113 cm³/mol. The first-order valence-corrected chi connectivity index (χ1v) is 9.36. The number of halogens is 2. The van der Waals surface area contributed by atoms with Gasteiger partial charge in [0.2, 0.25) is 0 Å². The van der Waals surface area contributed by atoms with Gasteiger partial charge in [-0.1, -0.05) is 35.3 Å². The number of H-pyrrole nitrogens is 1. The number of nitro groups is 1. The molecule has 0 aliphatic rings.